The van der Waals surface area contributed by atoms with Crippen LogP contribution in [0.5, 0.6) is 11.5 Å². The number of hydrogen-bond donors (Lipinski definition) is 3. The third-order valence-electron chi connectivity index (χ3n) is 4.37. The largest absolute Gasteiger partial charge is 0.508 e. The van der Waals surface area contributed by atoms with Crippen molar-refractivity contribution in [3.8, 4) is 11.5 Å². The van der Waals surface area contributed by atoms with Gasteiger partial charge in [0.2, 0.25) is 0 Å². The predicted octanol–water partition coefficient (Wildman–Crippen LogP) is 5.89. The minimum Gasteiger partial charge on any atom is -0.508 e. The van der Waals surface area contributed by atoms with Gasteiger partial charge in [0.15, 0.2) is 4.75 Å². The lowest BCUT2D eigenvalue weighted by Crippen LogP contribution is -2.39. The topological polar surface area (TPSA) is 94.8 Å². The van der Waals surface area contributed by atoms with E-state index in [0.717, 1.165) is 24.3 Å². The average molecular weight is 494 g/mol. The second kappa shape index (κ2) is 7.87. The molecule has 0 spiro atoms. The van der Waals surface area contributed by atoms with Crippen LogP contribution in [0.2, 0.25) is 20.1 Å². The predicted molar refractivity (Wildman–Crippen MR) is 114 cm³/mol. The molecule has 3 aromatic carbocycles. The van der Waals surface area contributed by atoms with Crippen molar-refractivity contribution < 1.29 is 23.2 Å². The molecular weight excluding hydrogens is 482 g/mol. The van der Waals surface area contributed by atoms with Gasteiger partial charge in [-0.15, -0.1) is 0 Å². The molecule has 5 nitrogen and oxygen atoms in total. The van der Waals surface area contributed by atoms with Crippen LogP contribution in [0.15, 0.2) is 54.6 Å². The molecule has 0 amide bonds. The summed E-state index contributed by atoms with van der Waals surface area (Å²) in [6, 6.07) is 11.7. The Labute approximate surface area is 186 Å². The molecule has 0 radical (unpaired) electrons. The highest BCUT2D eigenvalue weighted by molar-refractivity contribution is 7.87. The normalized spacial score (nSPS) is 13.8. The van der Waals surface area contributed by atoms with Gasteiger partial charge >= 0.3 is 0 Å². The van der Waals surface area contributed by atoms with Crippen LogP contribution in [0, 0.1) is 0 Å². The van der Waals surface area contributed by atoms with E-state index >= 15 is 0 Å². The van der Waals surface area contributed by atoms with Crippen molar-refractivity contribution in [1.82, 2.24) is 0 Å². The van der Waals surface area contributed by atoms with E-state index in [1.807, 2.05) is 0 Å². The van der Waals surface area contributed by atoms with Crippen LogP contribution >= 0.6 is 46.4 Å². The van der Waals surface area contributed by atoms with Crippen molar-refractivity contribution in [2.75, 3.05) is 0 Å². The van der Waals surface area contributed by atoms with Gasteiger partial charge in [0.05, 0.1) is 15.1 Å². The molecule has 0 aliphatic heterocycles. The fourth-order valence-corrected chi connectivity index (χ4v) is 5.96. The zero-order chi connectivity index (χ0) is 21.6. The highest BCUT2D eigenvalue weighted by Gasteiger charge is 2.52. The molecule has 0 aromatic heterocycles. The molecule has 1 atom stereocenters. The number of rotatable bonds is 4. The minimum atomic E-state index is -5.07. The highest BCUT2D eigenvalue weighted by Crippen LogP contribution is 2.52. The quantitative estimate of drug-likeness (QED) is 0.311. The van der Waals surface area contributed by atoms with E-state index < -0.39 is 14.9 Å². The summed E-state index contributed by atoms with van der Waals surface area (Å²) >= 11 is 25.0. The molecule has 0 aliphatic rings. The van der Waals surface area contributed by atoms with Gasteiger partial charge in [-0.2, -0.15) is 8.42 Å². The van der Waals surface area contributed by atoms with Gasteiger partial charge in [-0.25, -0.2) is 0 Å². The van der Waals surface area contributed by atoms with Crippen LogP contribution < -0.4 is 0 Å². The van der Waals surface area contributed by atoms with Crippen molar-refractivity contribution in [2.45, 2.75) is 4.75 Å². The van der Waals surface area contributed by atoms with Crippen molar-refractivity contribution >= 4 is 56.5 Å². The van der Waals surface area contributed by atoms with Gasteiger partial charge in [-0.1, -0.05) is 70.7 Å². The van der Waals surface area contributed by atoms with E-state index in [4.69, 9.17) is 46.4 Å². The smallest absolute Gasteiger partial charge is 0.283 e. The lowest BCUT2D eigenvalue weighted by atomic mass is 9.83. The number of aromatic hydroxyl groups is 2. The molecule has 3 N–H and O–H groups in total. The number of phenols is 2. The summed E-state index contributed by atoms with van der Waals surface area (Å²) in [5.74, 6) is -0.613. The van der Waals surface area contributed by atoms with Crippen LogP contribution in [0.25, 0.3) is 0 Å². The van der Waals surface area contributed by atoms with Gasteiger partial charge in [-0.3, -0.25) is 4.55 Å². The summed E-state index contributed by atoms with van der Waals surface area (Å²) in [6.45, 7) is 0. The summed E-state index contributed by atoms with van der Waals surface area (Å²) in [7, 11) is -5.07. The van der Waals surface area contributed by atoms with E-state index in [2.05, 4.69) is 0 Å². The maximum absolute atomic E-state index is 13.0. The first kappa shape index (κ1) is 22.0. The van der Waals surface area contributed by atoms with Crippen LogP contribution in [0.4, 0.5) is 0 Å². The van der Waals surface area contributed by atoms with Gasteiger partial charge in [0.25, 0.3) is 10.1 Å². The first-order valence-corrected chi connectivity index (χ1v) is 10.8. The Morgan fingerprint density at radius 1 is 0.759 bits per heavy atom. The minimum absolute atomic E-state index is 0.00506. The molecule has 29 heavy (non-hydrogen) atoms. The van der Waals surface area contributed by atoms with Gasteiger partial charge in [-0.05, 0) is 35.9 Å². The summed E-state index contributed by atoms with van der Waals surface area (Å²) < 4.78 is 34.1. The van der Waals surface area contributed by atoms with E-state index in [9.17, 15) is 23.2 Å². The van der Waals surface area contributed by atoms with Crippen molar-refractivity contribution in [3.63, 3.8) is 0 Å². The fourth-order valence-electron chi connectivity index (χ4n) is 3.22. The van der Waals surface area contributed by atoms with E-state index in [0.29, 0.717) is 0 Å². The molecule has 0 saturated carbocycles. The molecule has 3 aromatic rings. The number of halogens is 4. The van der Waals surface area contributed by atoms with Gasteiger partial charge < -0.3 is 10.2 Å². The summed E-state index contributed by atoms with van der Waals surface area (Å²) in [6.07, 6.45) is 0. The average Bonchev–Trinajstić information content (AvgIpc) is 2.60. The van der Waals surface area contributed by atoms with Gasteiger partial charge in [0, 0.05) is 16.1 Å². The zero-order valence-corrected chi connectivity index (χ0v) is 18.1. The Hall–Kier alpha value is -1.67. The maximum Gasteiger partial charge on any atom is 0.283 e. The van der Waals surface area contributed by atoms with Crippen molar-refractivity contribution in [2.24, 2.45) is 0 Å². The number of benzene rings is 3. The Morgan fingerprint density at radius 3 is 1.86 bits per heavy atom. The Kier molecular flexibility index (Phi) is 5.98. The summed E-state index contributed by atoms with van der Waals surface area (Å²) in [5, 5.41) is 18.9. The SMILES string of the molecule is O=S(=O)(O)C(c1ccc(O)c(Cl)c1)(c1ccccc1Cl)c1c(Cl)cc(O)cc1Cl. The molecule has 0 aliphatic carbocycles. The van der Waals surface area contributed by atoms with Crippen molar-refractivity contribution in [1.29, 1.82) is 0 Å². The van der Waals surface area contributed by atoms with Crippen LogP contribution in [0.3, 0.4) is 0 Å². The molecule has 0 fully saturated rings. The molecule has 10 heteroatoms. The monoisotopic (exact) mass is 492 g/mol. The van der Waals surface area contributed by atoms with E-state index in [-0.39, 0.29) is 48.3 Å². The maximum atomic E-state index is 13.0. The van der Waals surface area contributed by atoms with E-state index in [1.165, 1.54) is 24.3 Å². The molecule has 3 rings (SSSR count). The third kappa shape index (κ3) is 3.65. The second-order valence-corrected chi connectivity index (χ2v) is 9.28. The lowest BCUT2D eigenvalue weighted by Gasteiger charge is -2.34. The Bertz CT molecular complexity index is 1190. The number of phenolic OH excluding ortho intramolecular Hbond substituents is 2. The van der Waals surface area contributed by atoms with Crippen molar-refractivity contribution in [3.05, 3.63) is 91.4 Å². The number of hydrogen-bond acceptors (Lipinski definition) is 4. The van der Waals surface area contributed by atoms with Crippen LogP contribution in [-0.2, 0) is 14.9 Å². The first-order valence-electron chi connectivity index (χ1n) is 7.89. The Morgan fingerprint density at radius 2 is 1.34 bits per heavy atom. The van der Waals surface area contributed by atoms with Gasteiger partial charge in [0.1, 0.15) is 11.5 Å². The standard InChI is InChI=1S/C19H12Cl4O5S/c20-13-4-2-1-3-12(13)19(29(26,27)28,10-5-6-17(25)14(21)7-10)18-15(22)8-11(24)9-16(18)23/h1-9,24-25H,(H,26,27,28). The molecular formula is C19H12Cl4O5S. The summed E-state index contributed by atoms with van der Waals surface area (Å²) in [4.78, 5) is 0. The summed E-state index contributed by atoms with van der Waals surface area (Å²) in [5.41, 5.74) is -0.373. The highest BCUT2D eigenvalue weighted by atomic mass is 35.5. The van der Waals surface area contributed by atoms with Crippen LogP contribution in [-0.4, -0.2) is 23.2 Å². The zero-order valence-electron chi connectivity index (χ0n) is 14.3. The molecule has 1 unspecified atom stereocenters. The molecule has 0 heterocycles. The molecule has 0 bridgehead atoms. The van der Waals surface area contributed by atoms with Crippen LogP contribution in [0.1, 0.15) is 16.7 Å². The first-order chi connectivity index (χ1) is 13.5. The fraction of sp³-hybridized carbons (Fsp3) is 0.0526. The van der Waals surface area contributed by atoms with E-state index in [1.54, 1.807) is 6.07 Å². The Balaban J connectivity index is 2.63. The lowest BCUT2D eigenvalue weighted by molar-refractivity contribution is 0.456. The second-order valence-electron chi connectivity index (χ2n) is 6.09. The molecule has 152 valence electrons. The third-order valence-corrected chi connectivity index (χ3v) is 7.04. The molecule has 0 saturated heterocycles.